The first kappa shape index (κ1) is 64.7. The Morgan fingerprint density at radius 2 is 0.966 bits per heavy atom. The van der Waals surface area contributed by atoms with Gasteiger partial charge in [-0.25, -0.2) is 34.3 Å². The van der Waals surface area contributed by atoms with Crippen LogP contribution in [0, 0.1) is 10.8 Å². The summed E-state index contributed by atoms with van der Waals surface area (Å²) in [7, 11) is 0. The monoisotopic (exact) mass is 1280 g/mol. The van der Waals surface area contributed by atoms with Crippen molar-refractivity contribution in [2.45, 2.75) is 129 Å². The molecule has 6 fully saturated rings. The number of carbonyl (C=O) groups is 4. The first-order valence-electron chi connectivity index (χ1n) is 30.0. The van der Waals surface area contributed by atoms with Gasteiger partial charge in [0.25, 0.3) is 5.91 Å². The topological polar surface area (TPSA) is 211 Å². The van der Waals surface area contributed by atoms with Crippen LogP contribution in [0.3, 0.4) is 0 Å². The van der Waals surface area contributed by atoms with Crippen LogP contribution in [-0.2, 0) is 22.3 Å². The summed E-state index contributed by atoms with van der Waals surface area (Å²) < 4.78 is 87.9. The predicted molar refractivity (Wildman–Crippen MR) is 330 cm³/mol. The molecule has 2 aliphatic carbocycles. The summed E-state index contributed by atoms with van der Waals surface area (Å²) in [5, 5.41) is 20.6. The van der Waals surface area contributed by atoms with Crippen molar-refractivity contribution in [3.05, 3.63) is 94.2 Å². The van der Waals surface area contributed by atoms with Crippen molar-refractivity contribution in [2.75, 3.05) is 99.0 Å². The van der Waals surface area contributed by atoms with Crippen LogP contribution in [0.5, 0.6) is 0 Å². The lowest BCUT2D eigenvalue weighted by Crippen LogP contribution is -2.51. The number of piperazine rings is 2. The van der Waals surface area contributed by atoms with Crippen LogP contribution in [0.25, 0.3) is 20.4 Å². The third kappa shape index (κ3) is 16.8. The van der Waals surface area contributed by atoms with Crippen molar-refractivity contribution in [3.8, 4) is 0 Å². The van der Waals surface area contributed by atoms with Gasteiger partial charge in [-0.15, -0.1) is 22.7 Å². The molecule has 2 spiro atoms. The summed E-state index contributed by atoms with van der Waals surface area (Å²) in [5.74, 6) is 0.445. The van der Waals surface area contributed by atoms with Gasteiger partial charge in [-0.3, -0.25) is 4.79 Å². The number of aromatic nitrogens is 4. The number of thiophene rings is 2. The minimum Gasteiger partial charge on any atom is -0.478 e. The number of benzene rings is 2. The lowest BCUT2D eigenvalue weighted by atomic mass is 9.65. The summed E-state index contributed by atoms with van der Waals surface area (Å²) in [6.07, 6.45) is -2.10. The number of carbonyl (C=O) groups excluding carboxylic acids is 3. The van der Waals surface area contributed by atoms with Gasteiger partial charge >= 0.3 is 30.5 Å². The molecule has 0 radical (unpaired) electrons. The first-order chi connectivity index (χ1) is 41.9. The fourth-order valence-corrected chi connectivity index (χ4v) is 14.6. The van der Waals surface area contributed by atoms with Crippen LogP contribution in [0.15, 0.2) is 73.3 Å². The fraction of sp³-hybridized carbons (Fsp3) is 0.548. The molecule has 0 atom stereocenters. The van der Waals surface area contributed by atoms with Gasteiger partial charge in [0, 0.05) is 117 Å². The van der Waals surface area contributed by atoms with Gasteiger partial charge in [0.1, 0.15) is 45.2 Å². The van der Waals surface area contributed by atoms with Crippen molar-refractivity contribution < 1.29 is 60.1 Å². The SMILES string of the molecule is CC(C)(C)OC(=O)N1CCN(C(=O)c2ccc(NC3CC4(CCN(c5ncnc6sc(CC(F)(F)F)cc56)C4)C3)cc2)CC1.CC(C)(C)OC(=O)N1CCNCC1.O=C(O)c1ccc(NC2CC3(CCN(c4ncnc5sc(CC(F)(F)F)cc45)C3)C2)cc1. The van der Waals surface area contributed by atoms with Crippen LogP contribution >= 0.6 is 22.7 Å². The second-order valence-corrected chi connectivity index (χ2v) is 28.4. The number of carboxylic acid groups (broad SMARTS) is 1. The minimum absolute atomic E-state index is 0.0518. The molecule has 3 amide bonds. The number of aromatic carboxylic acids is 1. The number of amides is 3. The first-order valence-corrected chi connectivity index (χ1v) is 31.6. The molecule has 8 heterocycles. The predicted octanol–water partition coefficient (Wildman–Crippen LogP) is 11.8. The zero-order valence-electron chi connectivity index (χ0n) is 50.7. The van der Waals surface area contributed by atoms with Crippen molar-refractivity contribution >= 4 is 90.2 Å². The standard InChI is InChI=1S/C31H37F3N6O3S.C22H21F3N4O2S.C9H18N2O2/c1-29(2,3)43-28(42)39-12-10-38(11-13-39)27(41)20-4-6-21(7-5-20)37-22-15-30(16-22)8-9-40(18-30)25-24-14-23(17-31(32,33)34)44-26(24)36-19-35-25;23-22(24,25)10-16-7-17-18(26-12-27-19(17)32-16)29-6-5-21(11-29)8-15(9-21)28-14-3-1-13(2-4-14)20(30)31;1-9(2,3)13-8(12)11-6-4-10-5-7-11/h4-7,14,19,22,37H,8-13,15-18H2,1-3H3;1-4,7,12,15,28H,5-6,8-11H2,(H,30,31);10H,4-7H2,1-3H3. The molecule has 4 saturated heterocycles. The molecule has 89 heavy (non-hydrogen) atoms. The highest BCUT2D eigenvalue weighted by Gasteiger charge is 2.50. The number of anilines is 4. The number of fused-ring (bicyclic) bond motifs is 2. The highest BCUT2D eigenvalue weighted by Crippen LogP contribution is 2.52. The molecule has 4 aromatic heterocycles. The molecule has 27 heteroatoms. The van der Waals surface area contributed by atoms with Gasteiger partial charge in [0.15, 0.2) is 0 Å². The van der Waals surface area contributed by atoms with Gasteiger partial charge in [0.2, 0.25) is 0 Å². The Balaban J connectivity index is 0.000000169. The summed E-state index contributed by atoms with van der Waals surface area (Å²) in [4.78, 5) is 76.3. The van der Waals surface area contributed by atoms with Crippen LogP contribution in [0.4, 0.5) is 58.9 Å². The molecule has 480 valence electrons. The van der Waals surface area contributed by atoms with E-state index in [4.69, 9.17) is 14.6 Å². The molecule has 4 aliphatic heterocycles. The summed E-state index contributed by atoms with van der Waals surface area (Å²) in [5.41, 5.74) is 2.11. The molecule has 6 aliphatic rings. The smallest absolute Gasteiger partial charge is 0.410 e. The van der Waals surface area contributed by atoms with Crippen LogP contribution in [-0.4, -0.2) is 178 Å². The molecular formula is C62H76F6N12O7S2. The number of hydrogen-bond donors (Lipinski definition) is 4. The maximum atomic E-state index is 13.1. The number of carboxylic acids is 1. The zero-order valence-corrected chi connectivity index (χ0v) is 52.4. The van der Waals surface area contributed by atoms with E-state index in [2.05, 4.69) is 45.7 Å². The van der Waals surface area contributed by atoms with Crippen molar-refractivity contribution in [1.29, 1.82) is 0 Å². The average Bonchev–Trinajstić information content (AvgIpc) is 1.67. The Morgan fingerprint density at radius 1 is 0.573 bits per heavy atom. The van der Waals surface area contributed by atoms with E-state index in [0.717, 1.165) is 137 Å². The number of ether oxygens (including phenoxy) is 2. The zero-order chi connectivity index (χ0) is 63.7. The van der Waals surface area contributed by atoms with E-state index < -0.39 is 36.8 Å². The Kier molecular flexibility index (Phi) is 18.8. The molecule has 19 nitrogen and oxygen atoms in total. The Morgan fingerprint density at radius 3 is 1.36 bits per heavy atom. The van der Waals surface area contributed by atoms with E-state index >= 15 is 0 Å². The second kappa shape index (κ2) is 25.9. The van der Waals surface area contributed by atoms with E-state index in [-0.39, 0.29) is 49.8 Å². The Bertz CT molecular complexity index is 3470. The molecule has 2 aromatic carbocycles. The summed E-state index contributed by atoms with van der Waals surface area (Å²) in [6, 6.07) is 18.1. The second-order valence-electron chi connectivity index (χ2n) is 26.1. The molecule has 12 rings (SSSR count). The fourth-order valence-electron chi connectivity index (χ4n) is 12.6. The number of nitrogens with zero attached hydrogens (tertiary/aromatic N) is 9. The van der Waals surface area contributed by atoms with E-state index in [0.29, 0.717) is 64.3 Å². The van der Waals surface area contributed by atoms with Crippen molar-refractivity contribution in [2.24, 2.45) is 10.8 Å². The molecule has 2 saturated carbocycles. The van der Waals surface area contributed by atoms with Crippen LogP contribution < -0.4 is 25.8 Å². The normalized spacial score (nSPS) is 22.0. The van der Waals surface area contributed by atoms with E-state index in [1.165, 1.54) is 12.7 Å². The van der Waals surface area contributed by atoms with E-state index in [1.54, 1.807) is 51.1 Å². The number of alkyl halides is 6. The van der Waals surface area contributed by atoms with Gasteiger partial charge < -0.3 is 55.0 Å². The molecule has 0 unspecified atom stereocenters. The Labute approximate surface area is 520 Å². The van der Waals surface area contributed by atoms with Crippen LogP contribution in [0.2, 0.25) is 0 Å². The van der Waals surface area contributed by atoms with Gasteiger partial charge in [-0.1, -0.05) is 0 Å². The number of nitrogens with one attached hydrogen (secondary N) is 3. The van der Waals surface area contributed by atoms with Crippen LogP contribution in [0.1, 0.15) is 111 Å². The van der Waals surface area contributed by atoms with E-state index in [9.17, 15) is 45.5 Å². The molecular weight excluding hydrogens is 1200 g/mol. The molecule has 0 bridgehead atoms. The molecule has 6 aromatic rings. The molecule has 4 N–H and O–H groups in total. The maximum absolute atomic E-state index is 13.1. The van der Waals surface area contributed by atoms with Crippen molar-refractivity contribution in [3.63, 3.8) is 0 Å². The third-order valence-corrected chi connectivity index (χ3v) is 18.7. The quantitative estimate of drug-likeness (QED) is 0.0940. The highest BCUT2D eigenvalue weighted by molar-refractivity contribution is 7.19. The van der Waals surface area contributed by atoms with Crippen molar-refractivity contribution in [1.82, 2.24) is 40.0 Å². The minimum atomic E-state index is -4.25. The average molecular weight is 1280 g/mol. The number of rotatable bonds is 10. The summed E-state index contributed by atoms with van der Waals surface area (Å²) in [6.45, 7) is 19.4. The lowest BCUT2D eigenvalue weighted by Gasteiger charge is -2.46. The largest absolute Gasteiger partial charge is 0.478 e. The number of hydrogen-bond acceptors (Lipinski definition) is 17. The maximum Gasteiger partial charge on any atom is 0.410 e. The highest BCUT2D eigenvalue weighted by atomic mass is 32.1. The van der Waals surface area contributed by atoms with Gasteiger partial charge in [-0.2, -0.15) is 26.3 Å². The van der Waals surface area contributed by atoms with E-state index in [1.807, 2.05) is 65.8 Å². The lowest BCUT2D eigenvalue weighted by molar-refractivity contribution is -0.127. The van der Waals surface area contributed by atoms with Gasteiger partial charge in [-0.05, 0) is 152 Å². The summed E-state index contributed by atoms with van der Waals surface area (Å²) >= 11 is 2.16. The van der Waals surface area contributed by atoms with Gasteiger partial charge in [0.05, 0.1) is 29.2 Å². The third-order valence-electron chi connectivity index (χ3n) is 16.7. The number of halogens is 6. The Hall–Kier alpha value is -7.26.